The minimum atomic E-state index is -1.94. The van der Waals surface area contributed by atoms with Crippen LogP contribution in [-0.2, 0) is 9.52 Å². The van der Waals surface area contributed by atoms with Crippen molar-refractivity contribution >= 4 is 26.2 Å². The van der Waals surface area contributed by atoms with Crippen LogP contribution in [0.4, 0.5) is 0 Å². The maximum Gasteiger partial charge on any atom is 0.126 e. The van der Waals surface area contributed by atoms with Crippen LogP contribution in [0.2, 0.25) is 0 Å². The molecule has 0 spiro atoms. The molecule has 2 aromatic rings. The van der Waals surface area contributed by atoms with Crippen molar-refractivity contribution in [1.82, 2.24) is 9.97 Å². The van der Waals surface area contributed by atoms with Crippen LogP contribution in [-0.4, -0.2) is 32.1 Å². The van der Waals surface area contributed by atoms with Crippen molar-refractivity contribution in [1.29, 1.82) is 0 Å². The van der Waals surface area contributed by atoms with Crippen molar-refractivity contribution in [2.24, 2.45) is 0 Å². The molecule has 5 heteroatoms. The Kier molecular flexibility index (Phi) is 3.31. The van der Waals surface area contributed by atoms with Crippen molar-refractivity contribution in [2.45, 2.75) is 6.92 Å². The predicted molar refractivity (Wildman–Crippen MR) is 75.2 cm³/mol. The van der Waals surface area contributed by atoms with Gasteiger partial charge in [-0.1, -0.05) is 6.07 Å². The second kappa shape index (κ2) is 4.58. The molecule has 0 aliphatic carbocycles. The highest BCUT2D eigenvalue weighted by atomic mass is 32.2. The second-order valence-corrected chi connectivity index (χ2v) is 7.93. The number of hydrogen-bond acceptors (Lipinski definition) is 4. The number of aryl methyl sites for hydroxylation is 1. The normalized spacial score (nSPS) is 11.5. The van der Waals surface area contributed by atoms with Gasteiger partial charge in [0.15, 0.2) is 0 Å². The fourth-order valence-electron chi connectivity index (χ4n) is 1.49. The largest absolute Gasteiger partial charge is 0.268 e. The van der Waals surface area contributed by atoms with Crippen LogP contribution >= 0.6 is 11.3 Å². The topological polar surface area (TPSA) is 42.9 Å². The summed E-state index contributed by atoms with van der Waals surface area (Å²) in [6, 6.07) is 5.89. The Balaban J connectivity index is 2.55. The molecule has 0 radical (unpaired) electrons. The van der Waals surface area contributed by atoms with E-state index in [1.165, 1.54) is 0 Å². The summed E-state index contributed by atoms with van der Waals surface area (Å²) >= 11 is 1.64. The van der Waals surface area contributed by atoms with Crippen molar-refractivity contribution in [3.05, 3.63) is 35.1 Å². The lowest BCUT2D eigenvalue weighted by molar-refractivity contribution is 0.688. The van der Waals surface area contributed by atoms with Crippen molar-refractivity contribution in [2.75, 3.05) is 12.5 Å². The van der Waals surface area contributed by atoms with Gasteiger partial charge in [0.05, 0.1) is 16.3 Å². The lowest BCUT2D eigenvalue weighted by Crippen LogP contribution is -2.03. The number of hydrogen-bond donors (Lipinski definition) is 0. The quantitative estimate of drug-likeness (QED) is 0.783. The van der Waals surface area contributed by atoms with Gasteiger partial charge in [-0.15, -0.1) is 11.3 Å². The van der Waals surface area contributed by atoms with Gasteiger partial charge in [-0.25, -0.2) is 9.97 Å². The highest BCUT2D eigenvalue weighted by molar-refractivity contribution is 8.00. The van der Waals surface area contributed by atoms with Crippen LogP contribution < -0.4 is 0 Å². The van der Waals surface area contributed by atoms with E-state index in [-0.39, 0.29) is 0 Å². The zero-order valence-corrected chi connectivity index (χ0v) is 11.6. The van der Waals surface area contributed by atoms with E-state index < -0.39 is 9.52 Å². The molecule has 3 nitrogen and oxygen atoms in total. The molecule has 2 aromatic heterocycles. The highest BCUT2D eigenvalue weighted by Gasteiger charge is 2.04. The summed E-state index contributed by atoms with van der Waals surface area (Å²) in [5.41, 5.74) is 1.62. The molecule has 0 amide bonds. The summed E-state index contributed by atoms with van der Waals surface area (Å²) in [6.07, 6.45) is 3.41. The molecule has 0 aliphatic rings. The Morgan fingerprint density at radius 2 is 2.12 bits per heavy atom. The first-order valence-electron chi connectivity index (χ1n) is 5.12. The van der Waals surface area contributed by atoms with Crippen molar-refractivity contribution in [3.63, 3.8) is 0 Å². The molecule has 0 N–H and O–H groups in total. The molecule has 0 saturated heterocycles. The van der Waals surface area contributed by atoms with E-state index in [1.54, 1.807) is 29.2 Å². The van der Waals surface area contributed by atoms with Crippen LogP contribution in [0, 0.1) is 6.92 Å². The first-order chi connectivity index (χ1) is 7.94. The van der Waals surface area contributed by atoms with Crippen LogP contribution in [0.1, 0.15) is 11.5 Å². The summed E-state index contributed by atoms with van der Waals surface area (Å²) in [5.74, 6) is 0.700. The van der Waals surface area contributed by atoms with Crippen LogP contribution in [0.25, 0.3) is 10.6 Å². The van der Waals surface area contributed by atoms with Gasteiger partial charge in [0.1, 0.15) is 5.82 Å². The van der Waals surface area contributed by atoms with Gasteiger partial charge in [0, 0.05) is 17.9 Å². The van der Waals surface area contributed by atoms with Crippen LogP contribution in [0.3, 0.4) is 0 Å². The van der Waals surface area contributed by atoms with Crippen LogP contribution in [0.15, 0.2) is 23.6 Å². The van der Waals surface area contributed by atoms with E-state index in [0.29, 0.717) is 5.82 Å². The van der Waals surface area contributed by atoms with Gasteiger partial charge >= 0.3 is 0 Å². The zero-order valence-electron chi connectivity index (χ0n) is 10.0. The fourth-order valence-corrected chi connectivity index (χ4v) is 2.88. The zero-order chi connectivity index (χ0) is 12.5. The summed E-state index contributed by atoms with van der Waals surface area (Å²) in [5, 5.41) is 3.72. The van der Waals surface area contributed by atoms with Gasteiger partial charge < -0.3 is 0 Å². The Morgan fingerprint density at radius 3 is 2.71 bits per heavy atom. The number of rotatable bonds is 2. The van der Waals surface area contributed by atoms with E-state index in [1.807, 2.05) is 30.5 Å². The molecule has 90 valence electrons. The van der Waals surface area contributed by atoms with E-state index in [9.17, 15) is 4.21 Å². The molecule has 0 aromatic carbocycles. The molecule has 0 saturated carbocycles. The van der Waals surface area contributed by atoms with E-state index in [0.717, 1.165) is 16.3 Å². The number of nitrogens with zero attached hydrogens (tertiary/aromatic N) is 2. The van der Waals surface area contributed by atoms with E-state index >= 15 is 0 Å². The smallest absolute Gasteiger partial charge is 0.126 e. The lowest BCUT2D eigenvalue weighted by Gasteiger charge is -2.02. The molecule has 2 rings (SSSR count). The molecule has 2 heterocycles. The third-order valence-corrected chi connectivity index (χ3v) is 3.74. The van der Waals surface area contributed by atoms with Crippen molar-refractivity contribution in [3.8, 4) is 10.6 Å². The third-order valence-electron chi connectivity index (χ3n) is 2.04. The Morgan fingerprint density at radius 1 is 1.35 bits per heavy atom. The first-order valence-corrected chi connectivity index (χ1v) is 8.44. The maximum absolute atomic E-state index is 11.8. The maximum atomic E-state index is 11.8. The molecule has 0 fully saturated rings. The molecule has 0 atom stereocenters. The molecule has 0 unspecified atom stereocenters. The lowest BCUT2D eigenvalue weighted by atomic mass is 10.3. The van der Waals surface area contributed by atoms with Gasteiger partial charge in [0.2, 0.25) is 0 Å². The molecule has 0 bridgehead atoms. The fraction of sp³-hybridized carbons (Fsp3) is 0.250. The summed E-state index contributed by atoms with van der Waals surface area (Å²) in [6.45, 7) is 1.85. The molecule has 17 heavy (non-hydrogen) atoms. The number of thiophene rings is 1. The minimum Gasteiger partial charge on any atom is -0.268 e. The Bertz CT molecular complexity index is 631. The SMILES string of the molecule is Cc1nc(C=S(C)(C)=O)cc(-c2cccs2)n1. The van der Waals surface area contributed by atoms with Gasteiger partial charge in [0.25, 0.3) is 0 Å². The van der Waals surface area contributed by atoms with Gasteiger partial charge in [-0.3, -0.25) is 4.21 Å². The summed E-state index contributed by atoms with van der Waals surface area (Å²) < 4.78 is 11.8. The van der Waals surface area contributed by atoms with E-state index in [2.05, 4.69) is 9.97 Å². The van der Waals surface area contributed by atoms with E-state index in [4.69, 9.17) is 0 Å². The Hall–Kier alpha value is -1.20. The molecular weight excluding hydrogens is 252 g/mol. The first kappa shape index (κ1) is 12.3. The van der Waals surface area contributed by atoms with Gasteiger partial charge in [-0.2, -0.15) is 0 Å². The second-order valence-electron chi connectivity index (χ2n) is 4.13. The summed E-state index contributed by atoms with van der Waals surface area (Å²) in [4.78, 5) is 9.78. The summed E-state index contributed by atoms with van der Waals surface area (Å²) in [7, 11) is -1.94. The Labute approximate surface area is 106 Å². The molecular formula is C12H14N2OS2. The predicted octanol–water partition coefficient (Wildman–Crippen LogP) is 2.21. The highest BCUT2D eigenvalue weighted by Crippen LogP contribution is 2.22. The monoisotopic (exact) mass is 266 g/mol. The minimum absolute atomic E-state index is 0.700. The van der Waals surface area contributed by atoms with Crippen molar-refractivity contribution < 1.29 is 4.21 Å². The number of aromatic nitrogens is 2. The van der Waals surface area contributed by atoms with Crippen LogP contribution in [0.5, 0.6) is 0 Å². The third kappa shape index (κ3) is 3.38. The van der Waals surface area contributed by atoms with Gasteiger partial charge in [-0.05, 0) is 34.0 Å². The standard InChI is InChI=1S/C12H14N2OS2/c1-9-13-10(8-17(2,3)15)7-11(14-9)12-5-4-6-16-12/h4-8H,1-3H3. The average Bonchev–Trinajstić information content (AvgIpc) is 2.65. The average molecular weight is 266 g/mol. The molecule has 0 aliphatic heterocycles.